The Kier molecular flexibility index (Phi) is 4.39. The maximum atomic E-state index is 11.0. The van der Waals surface area contributed by atoms with Crippen molar-refractivity contribution in [3.63, 3.8) is 0 Å². The number of hydrogen-bond donors (Lipinski definition) is 0. The third-order valence-electron chi connectivity index (χ3n) is 3.03. The molecule has 20 heavy (non-hydrogen) atoms. The molecule has 0 aromatic heterocycles. The number of ether oxygens (including phenoxy) is 1. The van der Waals surface area contributed by atoms with Crippen LogP contribution in [0.1, 0.15) is 16.7 Å². The van der Waals surface area contributed by atoms with Crippen molar-refractivity contribution in [1.29, 1.82) is 0 Å². The zero-order chi connectivity index (χ0) is 14.7. The van der Waals surface area contributed by atoms with E-state index in [9.17, 15) is 10.1 Å². The Morgan fingerprint density at radius 1 is 1.15 bits per heavy atom. The van der Waals surface area contributed by atoms with E-state index in [-0.39, 0.29) is 5.69 Å². The minimum absolute atomic E-state index is 0.0712. The minimum atomic E-state index is -0.391. The van der Waals surface area contributed by atoms with Crippen LogP contribution in [0, 0.1) is 24.0 Å². The number of alkyl halides is 1. The van der Waals surface area contributed by atoms with E-state index in [4.69, 9.17) is 4.74 Å². The maximum absolute atomic E-state index is 11.0. The van der Waals surface area contributed by atoms with Crippen LogP contribution in [0.2, 0.25) is 0 Å². The van der Waals surface area contributed by atoms with Gasteiger partial charge in [-0.25, -0.2) is 0 Å². The van der Waals surface area contributed by atoms with E-state index in [1.165, 1.54) is 6.07 Å². The molecule has 0 aliphatic carbocycles. The van der Waals surface area contributed by atoms with Crippen LogP contribution in [0.5, 0.6) is 11.5 Å². The lowest BCUT2D eigenvalue weighted by Crippen LogP contribution is -1.96. The minimum Gasteiger partial charge on any atom is -0.457 e. The van der Waals surface area contributed by atoms with Crippen LogP contribution >= 0.6 is 15.9 Å². The zero-order valence-electron chi connectivity index (χ0n) is 11.2. The van der Waals surface area contributed by atoms with E-state index in [1.807, 2.05) is 31.2 Å². The second-order valence-corrected chi connectivity index (χ2v) is 5.07. The van der Waals surface area contributed by atoms with Gasteiger partial charge >= 0.3 is 0 Å². The first-order valence-electron chi connectivity index (χ1n) is 6.10. The van der Waals surface area contributed by atoms with Crippen molar-refractivity contribution in [3.05, 3.63) is 63.2 Å². The third kappa shape index (κ3) is 2.99. The van der Waals surface area contributed by atoms with Crippen molar-refractivity contribution < 1.29 is 9.66 Å². The van der Waals surface area contributed by atoms with Crippen molar-refractivity contribution in [2.75, 3.05) is 0 Å². The molecule has 4 nitrogen and oxygen atoms in total. The molecule has 104 valence electrons. The van der Waals surface area contributed by atoms with Crippen LogP contribution in [0.15, 0.2) is 36.4 Å². The molecule has 0 unspecified atom stereocenters. The molecule has 0 aliphatic heterocycles. The molecule has 0 bridgehead atoms. The van der Waals surface area contributed by atoms with Gasteiger partial charge in [0.25, 0.3) is 5.69 Å². The van der Waals surface area contributed by atoms with Gasteiger partial charge in [0.05, 0.1) is 11.0 Å². The lowest BCUT2D eigenvalue weighted by Gasteiger charge is -2.12. The van der Waals surface area contributed by atoms with E-state index in [1.54, 1.807) is 13.0 Å². The molecular weight excluding hydrogens is 322 g/mol. The average molecular weight is 336 g/mol. The fraction of sp³-hybridized carbons (Fsp3) is 0.200. The standard InChI is InChI=1S/C15H14BrNO3/c1-10-7-11(2)15(8-13(10)17(18)19)20-14-6-4-3-5-12(14)9-16/h3-8H,9H2,1-2H3. The number of aryl methyl sites for hydroxylation is 2. The molecule has 2 rings (SSSR count). The highest BCUT2D eigenvalue weighted by molar-refractivity contribution is 9.08. The Morgan fingerprint density at radius 2 is 1.85 bits per heavy atom. The summed E-state index contributed by atoms with van der Waals surface area (Å²) in [5.41, 5.74) is 2.57. The highest BCUT2D eigenvalue weighted by Gasteiger charge is 2.15. The number of rotatable bonds is 4. The maximum Gasteiger partial charge on any atom is 0.276 e. The van der Waals surface area contributed by atoms with Crippen LogP contribution in [0.3, 0.4) is 0 Å². The van der Waals surface area contributed by atoms with Gasteiger partial charge in [0.1, 0.15) is 11.5 Å². The summed E-state index contributed by atoms with van der Waals surface area (Å²) in [6, 6.07) is 10.8. The second-order valence-electron chi connectivity index (χ2n) is 4.50. The quantitative estimate of drug-likeness (QED) is 0.453. The average Bonchev–Trinajstić information content (AvgIpc) is 2.42. The second kappa shape index (κ2) is 6.05. The lowest BCUT2D eigenvalue weighted by molar-refractivity contribution is -0.385. The fourth-order valence-corrected chi connectivity index (χ4v) is 2.42. The van der Waals surface area contributed by atoms with Gasteiger partial charge in [-0.1, -0.05) is 34.1 Å². The smallest absolute Gasteiger partial charge is 0.276 e. The SMILES string of the molecule is Cc1cc(C)c([N+](=O)[O-])cc1Oc1ccccc1CBr. The Labute approximate surface area is 125 Å². The van der Waals surface area contributed by atoms with Crippen LogP contribution in [-0.4, -0.2) is 4.92 Å². The topological polar surface area (TPSA) is 52.4 Å². The van der Waals surface area contributed by atoms with Gasteiger partial charge in [0.2, 0.25) is 0 Å². The van der Waals surface area contributed by atoms with Crippen molar-refractivity contribution in [3.8, 4) is 11.5 Å². The van der Waals surface area contributed by atoms with Crippen molar-refractivity contribution >= 4 is 21.6 Å². The van der Waals surface area contributed by atoms with Crippen LogP contribution in [0.4, 0.5) is 5.69 Å². The predicted octanol–water partition coefficient (Wildman–Crippen LogP) is 4.90. The highest BCUT2D eigenvalue weighted by Crippen LogP contribution is 2.33. The number of halogens is 1. The van der Waals surface area contributed by atoms with Crippen LogP contribution < -0.4 is 4.74 Å². The van der Waals surface area contributed by atoms with E-state index in [0.29, 0.717) is 22.4 Å². The Bertz CT molecular complexity index is 656. The van der Waals surface area contributed by atoms with Gasteiger partial charge in [-0.2, -0.15) is 0 Å². The third-order valence-corrected chi connectivity index (χ3v) is 3.63. The number of nitrogens with zero attached hydrogens (tertiary/aromatic N) is 1. The van der Waals surface area contributed by atoms with E-state index >= 15 is 0 Å². The summed E-state index contributed by atoms with van der Waals surface area (Å²) >= 11 is 3.40. The first-order valence-corrected chi connectivity index (χ1v) is 7.22. The molecule has 2 aromatic rings. The molecule has 0 spiro atoms. The summed E-state index contributed by atoms with van der Waals surface area (Å²) in [5.74, 6) is 1.21. The summed E-state index contributed by atoms with van der Waals surface area (Å²) in [6.07, 6.45) is 0. The number of benzene rings is 2. The molecule has 0 fully saturated rings. The normalized spacial score (nSPS) is 10.3. The molecule has 2 aromatic carbocycles. The first-order chi connectivity index (χ1) is 9.52. The largest absolute Gasteiger partial charge is 0.457 e. The highest BCUT2D eigenvalue weighted by atomic mass is 79.9. The Balaban J connectivity index is 2.43. The van der Waals surface area contributed by atoms with Crippen molar-refractivity contribution in [1.82, 2.24) is 0 Å². The molecule has 5 heteroatoms. The zero-order valence-corrected chi connectivity index (χ0v) is 12.8. The number of hydrogen-bond acceptors (Lipinski definition) is 3. The fourth-order valence-electron chi connectivity index (χ4n) is 1.96. The van der Waals surface area contributed by atoms with Gasteiger partial charge in [0, 0.05) is 16.5 Å². The number of nitro groups is 1. The first kappa shape index (κ1) is 14.5. The Hall–Kier alpha value is -1.88. The van der Waals surface area contributed by atoms with Gasteiger partial charge < -0.3 is 4.74 Å². The molecule has 0 saturated carbocycles. The number of nitro benzene ring substituents is 1. The molecule has 0 N–H and O–H groups in total. The molecule has 0 saturated heterocycles. The monoisotopic (exact) mass is 335 g/mol. The molecule has 0 amide bonds. The van der Waals surface area contributed by atoms with E-state index in [0.717, 1.165) is 11.1 Å². The molecule has 0 aliphatic rings. The van der Waals surface area contributed by atoms with Gasteiger partial charge in [-0.15, -0.1) is 0 Å². The number of para-hydroxylation sites is 1. The Morgan fingerprint density at radius 3 is 2.50 bits per heavy atom. The van der Waals surface area contributed by atoms with Crippen LogP contribution in [0.25, 0.3) is 0 Å². The van der Waals surface area contributed by atoms with Crippen molar-refractivity contribution in [2.45, 2.75) is 19.2 Å². The van der Waals surface area contributed by atoms with Gasteiger partial charge in [-0.3, -0.25) is 10.1 Å². The summed E-state index contributed by atoms with van der Waals surface area (Å²) in [4.78, 5) is 10.6. The summed E-state index contributed by atoms with van der Waals surface area (Å²) in [7, 11) is 0. The molecule has 0 heterocycles. The molecule has 0 radical (unpaired) electrons. The predicted molar refractivity (Wildman–Crippen MR) is 81.7 cm³/mol. The summed E-state index contributed by atoms with van der Waals surface area (Å²) in [6.45, 7) is 3.60. The molecule has 0 atom stereocenters. The van der Waals surface area contributed by atoms with Crippen molar-refractivity contribution in [2.24, 2.45) is 0 Å². The van der Waals surface area contributed by atoms with Gasteiger partial charge in [0.15, 0.2) is 0 Å². The molecular formula is C15H14BrNO3. The van der Waals surface area contributed by atoms with E-state index in [2.05, 4.69) is 15.9 Å². The summed E-state index contributed by atoms with van der Waals surface area (Å²) < 4.78 is 5.84. The van der Waals surface area contributed by atoms with E-state index < -0.39 is 4.92 Å². The van der Waals surface area contributed by atoms with Crippen LogP contribution in [-0.2, 0) is 5.33 Å². The lowest BCUT2D eigenvalue weighted by atomic mass is 10.1. The summed E-state index contributed by atoms with van der Waals surface area (Å²) in [5, 5.41) is 11.7. The van der Waals surface area contributed by atoms with Gasteiger partial charge in [-0.05, 0) is 31.5 Å².